The monoisotopic (exact) mass is 324 g/mol. The van der Waals surface area contributed by atoms with Crippen molar-refractivity contribution in [3.05, 3.63) is 80.1 Å². The summed E-state index contributed by atoms with van der Waals surface area (Å²) in [4.78, 5) is 26.5. The van der Waals surface area contributed by atoms with Gasteiger partial charge in [-0.25, -0.2) is 4.79 Å². The van der Waals surface area contributed by atoms with Gasteiger partial charge in [0.1, 0.15) is 6.73 Å². The van der Waals surface area contributed by atoms with E-state index >= 15 is 0 Å². The number of aromatic nitrogens is 2. The molecule has 5 nitrogen and oxygen atoms in total. The molecular weight excluding hydrogens is 304 g/mol. The zero-order chi connectivity index (χ0) is 17.1. The maximum absolute atomic E-state index is 12.1. The van der Waals surface area contributed by atoms with E-state index in [2.05, 4.69) is 29.2 Å². The van der Waals surface area contributed by atoms with Gasteiger partial charge < -0.3 is 4.74 Å². The summed E-state index contributed by atoms with van der Waals surface area (Å²) in [7, 11) is 0. The van der Waals surface area contributed by atoms with Crippen LogP contribution in [0.4, 0.5) is 0 Å². The third-order valence-electron chi connectivity index (χ3n) is 4.17. The fraction of sp³-hybridized carbons (Fsp3) is 0.263. The van der Waals surface area contributed by atoms with Gasteiger partial charge >= 0.3 is 5.69 Å². The maximum Gasteiger partial charge on any atom is 0.330 e. The van der Waals surface area contributed by atoms with Crippen molar-refractivity contribution < 1.29 is 4.74 Å². The first-order valence-electron chi connectivity index (χ1n) is 7.98. The summed E-state index contributed by atoms with van der Waals surface area (Å²) in [5.41, 5.74) is 1.50. The Hall–Kier alpha value is -2.66. The molecule has 0 aliphatic rings. The van der Waals surface area contributed by atoms with E-state index in [0.717, 1.165) is 16.3 Å². The lowest BCUT2D eigenvalue weighted by atomic mass is 10.0. The van der Waals surface area contributed by atoms with Gasteiger partial charge in [0.05, 0.1) is 0 Å². The SMILES string of the molecule is CCOCn1c(Cc2ccc3ccccc3c2)c(C)c(=O)[nH]c1=O. The van der Waals surface area contributed by atoms with Crippen molar-refractivity contribution in [1.82, 2.24) is 9.55 Å². The minimum Gasteiger partial charge on any atom is -0.361 e. The lowest BCUT2D eigenvalue weighted by molar-refractivity contribution is 0.0822. The fourth-order valence-corrected chi connectivity index (χ4v) is 2.80. The highest BCUT2D eigenvalue weighted by molar-refractivity contribution is 5.83. The van der Waals surface area contributed by atoms with Gasteiger partial charge in [0.15, 0.2) is 0 Å². The molecule has 124 valence electrons. The Morgan fingerprint density at radius 3 is 2.58 bits per heavy atom. The van der Waals surface area contributed by atoms with Crippen LogP contribution in [0.3, 0.4) is 0 Å². The number of H-pyrrole nitrogens is 1. The first kappa shape index (κ1) is 16.2. The van der Waals surface area contributed by atoms with Gasteiger partial charge in [-0.1, -0.05) is 42.5 Å². The van der Waals surface area contributed by atoms with Crippen molar-refractivity contribution in [1.29, 1.82) is 0 Å². The van der Waals surface area contributed by atoms with Gasteiger partial charge in [0.2, 0.25) is 0 Å². The average Bonchev–Trinajstić information content (AvgIpc) is 2.59. The lowest BCUT2D eigenvalue weighted by Crippen LogP contribution is -2.35. The molecule has 1 N–H and O–H groups in total. The van der Waals surface area contributed by atoms with E-state index in [1.54, 1.807) is 6.92 Å². The quantitative estimate of drug-likeness (QED) is 0.784. The molecule has 0 aliphatic carbocycles. The molecular formula is C19H20N2O3. The number of fused-ring (bicyclic) bond motifs is 1. The van der Waals surface area contributed by atoms with Crippen LogP contribution in [0.25, 0.3) is 10.8 Å². The largest absolute Gasteiger partial charge is 0.361 e. The van der Waals surface area contributed by atoms with E-state index in [-0.39, 0.29) is 12.3 Å². The number of nitrogens with zero attached hydrogens (tertiary/aromatic N) is 1. The minimum absolute atomic E-state index is 0.135. The molecule has 3 aromatic rings. The third-order valence-corrected chi connectivity index (χ3v) is 4.17. The van der Waals surface area contributed by atoms with Gasteiger partial charge in [-0.2, -0.15) is 0 Å². The average molecular weight is 324 g/mol. The van der Waals surface area contributed by atoms with Crippen molar-refractivity contribution in [2.24, 2.45) is 0 Å². The van der Waals surface area contributed by atoms with Gasteiger partial charge in [0, 0.05) is 24.3 Å². The molecule has 3 rings (SSSR count). The first-order chi connectivity index (χ1) is 11.6. The van der Waals surface area contributed by atoms with E-state index in [1.807, 2.05) is 25.1 Å². The number of ether oxygens (including phenoxy) is 1. The zero-order valence-electron chi connectivity index (χ0n) is 13.8. The van der Waals surface area contributed by atoms with Gasteiger partial charge in [-0.15, -0.1) is 0 Å². The summed E-state index contributed by atoms with van der Waals surface area (Å²) in [6, 6.07) is 14.3. The number of benzene rings is 2. The second kappa shape index (κ2) is 6.84. The van der Waals surface area contributed by atoms with Crippen LogP contribution in [0.5, 0.6) is 0 Å². The van der Waals surface area contributed by atoms with Crippen LogP contribution in [0.15, 0.2) is 52.1 Å². The molecule has 1 heterocycles. The lowest BCUT2D eigenvalue weighted by Gasteiger charge is -2.15. The molecule has 0 atom stereocenters. The highest BCUT2D eigenvalue weighted by Gasteiger charge is 2.12. The zero-order valence-corrected chi connectivity index (χ0v) is 13.8. The molecule has 5 heteroatoms. The predicted octanol–water partition coefficient (Wildman–Crippen LogP) is 2.58. The topological polar surface area (TPSA) is 64.1 Å². The number of rotatable bonds is 5. The highest BCUT2D eigenvalue weighted by Crippen LogP contribution is 2.18. The summed E-state index contributed by atoms with van der Waals surface area (Å²) in [5, 5.41) is 2.30. The van der Waals surface area contributed by atoms with Crippen LogP contribution in [0, 0.1) is 6.92 Å². The first-order valence-corrected chi connectivity index (χ1v) is 7.98. The molecule has 0 fully saturated rings. The number of aromatic amines is 1. The molecule has 24 heavy (non-hydrogen) atoms. The Balaban J connectivity index is 2.06. The second-order valence-electron chi connectivity index (χ2n) is 5.74. The van der Waals surface area contributed by atoms with E-state index in [0.29, 0.717) is 24.3 Å². The van der Waals surface area contributed by atoms with E-state index < -0.39 is 5.69 Å². The van der Waals surface area contributed by atoms with Crippen molar-refractivity contribution in [3.8, 4) is 0 Å². The molecule has 2 aromatic carbocycles. The van der Waals surface area contributed by atoms with Gasteiger partial charge in [-0.05, 0) is 30.2 Å². The fourth-order valence-electron chi connectivity index (χ4n) is 2.80. The maximum atomic E-state index is 12.1. The van der Waals surface area contributed by atoms with Crippen LogP contribution >= 0.6 is 0 Å². The van der Waals surface area contributed by atoms with Crippen LogP contribution in [-0.2, 0) is 17.9 Å². The Bertz CT molecular complexity index is 986. The smallest absolute Gasteiger partial charge is 0.330 e. The molecule has 1 aromatic heterocycles. The molecule has 0 amide bonds. The molecule has 0 unspecified atom stereocenters. The third kappa shape index (κ3) is 3.16. The van der Waals surface area contributed by atoms with E-state index in [9.17, 15) is 9.59 Å². The molecule has 0 bridgehead atoms. The predicted molar refractivity (Wildman–Crippen MR) is 94.4 cm³/mol. The van der Waals surface area contributed by atoms with Crippen molar-refractivity contribution >= 4 is 10.8 Å². The Kier molecular flexibility index (Phi) is 4.62. The van der Waals surface area contributed by atoms with Gasteiger partial charge in [0.25, 0.3) is 5.56 Å². The van der Waals surface area contributed by atoms with Crippen LogP contribution in [-0.4, -0.2) is 16.2 Å². The van der Waals surface area contributed by atoms with Crippen molar-refractivity contribution in [3.63, 3.8) is 0 Å². The summed E-state index contributed by atoms with van der Waals surface area (Å²) in [5.74, 6) is 0. The summed E-state index contributed by atoms with van der Waals surface area (Å²) in [6.45, 7) is 4.24. The summed E-state index contributed by atoms with van der Waals surface area (Å²) < 4.78 is 6.88. The minimum atomic E-state index is -0.435. The van der Waals surface area contributed by atoms with E-state index in [1.165, 1.54) is 4.57 Å². The summed E-state index contributed by atoms with van der Waals surface area (Å²) in [6.07, 6.45) is 0.503. The molecule has 0 saturated carbocycles. The molecule has 0 spiro atoms. The highest BCUT2D eigenvalue weighted by atomic mass is 16.5. The van der Waals surface area contributed by atoms with Crippen LogP contribution in [0.1, 0.15) is 23.7 Å². The number of hydrogen-bond donors (Lipinski definition) is 1. The van der Waals surface area contributed by atoms with Crippen molar-refractivity contribution in [2.75, 3.05) is 6.61 Å². The Labute approximate surface area is 139 Å². The Morgan fingerprint density at radius 1 is 1.08 bits per heavy atom. The van der Waals surface area contributed by atoms with Crippen LogP contribution in [0.2, 0.25) is 0 Å². The van der Waals surface area contributed by atoms with E-state index in [4.69, 9.17) is 4.74 Å². The normalized spacial score (nSPS) is 11.1. The van der Waals surface area contributed by atoms with Gasteiger partial charge in [-0.3, -0.25) is 14.3 Å². The summed E-state index contributed by atoms with van der Waals surface area (Å²) >= 11 is 0. The molecule has 0 radical (unpaired) electrons. The van der Waals surface area contributed by atoms with Crippen molar-refractivity contribution in [2.45, 2.75) is 27.0 Å². The second-order valence-corrected chi connectivity index (χ2v) is 5.74. The number of nitrogens with one attached hydrogen (secondary N) is 1. The standard InChI is InChI=1S/C19H20N2O3/c1-3-24-12-21-17(13(2)18(22)20-19(21)23)11-14-8-9-15-6-4-5-7-16(15)10-14/h4-10H,3,11-12H2,1-2H3,(H,20,22,23). The Morgan fingerprint density at radius 2 is 1.83 bits per heavy atom. The molecule has 0 aliphatic heterocycles. The van der Waals surface area contributed by atoms with Crippen LogP contribution < -0.4 is 11.2 Å². The molecule has 0 saturated heterocycles. The number of hydrogen-bond acceptors (Lipinski definition) is 3.